The Balaban J connectivity index is 2.16. The maximum atomic E-state index is 12.2. The van der Waals surface area contributed by atoms with Crippen LogP contribution in [0.1, 0.15) is 34.8 Å². The van der Waals surface area contributed by atoms with Crippen molar-refractivity contribution in [3.8, 4) is 0 Å². The Kier molecular flexibility index (Phi) is 2.42. The second-order valence-corrected chi connectivity index (χ2v) is 5.12. The second-order valence-electron chi connectivity index (χ2n) is 4.33. The van der Waals surface area contributed by atoms with E-state index in [1.165, 1.54) is 0 Å². The third kappa shape index (κ3) is 1.49. The van der Waals surface area contributed by atoms with E-state index in [0.717, 1.165) is 5.56 Å². The number of hydrogen-bond acceptors (Lipinski definition) is 2. The molecule has 1 fully saturated rings. The Morgan fingerprint density at radius 3 is 2.76 bits per heavy atom. The van der Waals surface area contributed by atoms with Crippen LogP contribution in [0.5, 0.6) is 0 Å². The molecule has 0 spiro atoms. The highest BCUT2D eigenvalue weighted by Crippen LogP contribution is 2.43. The molecule has 0 aliphatic carbocycles. The van der Waals surface area contributed by atoms with Crippen molar-refractivity contribution in [2.24, 2.45) is 0 Å². The third-order valence-corrected chi connectivity index (χ3v) is 4.19. The summed E-state index contributed by atoms with van der Waals surface area (Å²) in [5, 5.41) is 0.681. The van der Waals surface area contributed by atoms with Crippen LogP contribution in [0.25, 0.3) is 0 Å². The molecule has 1 saturated heterocycles. The number of halogens is 2. The molecule has 2 aliphatic rings. The molecule has 2 aliphatic heterocycles. The largest absolute Gasteiger partial charge is 0.331 e. The fourth-order valence-electron chi connectivity index (χ4n) is 2.55. The van der Waals surface area contributed by atoms with E-state index in [1.54, 1.807) is 17.0 Å². The van der Waals surface area contributed by atoms with Crippen LogP contribution < -0.4 is 0 Å². The van der Waals surface area contributed by atoms with Gasteiger partial charge in [0.25, 0.3) is 5.91 Å². The van der Waals surface area contributed by atoms with E-state index in [9.17, 15) is 9.59 Å². The van der Waals surface area contributed by atoms with Gasteiger partial charge in [-0.25, -0.2) is 0 Å². The lowest BCUT2D eigenvalue weighted by Crippen LogP contribution is -2.35. The highest BCUT2D eigenvalue weighted by Gasteiger charge is 2.41. The number of ketones is 1. The fraction of sp³-hybridized carbons (Fsp3) is 0.333. The number of hydrogen-bond donors (Lipinski definition) is 0. The van der Waals surface area contributed by atoms with E-state index in [2.05, 4.69) is 0 Å². The van der Waals surface area contributed by atoms with Gasteiger partial charge in [-0.1, -0.05) is 29.3 Å². The van der Waals surface area contributed by atoms with Crippen LogP contribution in [0, 0.1) is 0 Å². The number of nitrogens with zero attached hydrogens (tertiary/aromatic N) is 1. The van der Waals surface area contributed by atoms with Crippen LogP contribution in [0.2, 0.25) is 10.0 Å². The van der Waals surface area contributed by atoms with E-state index >= 15 is 0 Å². The Morgan fingerprint density at radius 2 is 2.00 bits per heavy atom. The average Bonchev–Trinajstić information content (AvgIpc) is 2.58. The first-order chi connectivity index (χ1) is 8.09. The van der Waals surface area contributed by atoms with Crippen molar-refractivity contribution < 1.29 is 9.59 Å². The van der Waals surface area contributed by atoms with Gasteiger partial charge >= 0.3 is 0 Å². The van der Waals surface area contributed by atoms with Gasteiger partial charge in [-0.2, -0.15) is 0 Å². The summed E-state index contributed by atoms with van der Waals surface area (Å²) in [4.78, 5) is 25.4. The summed E-state index contributed by atoms with van der Waals surface area (Å²) in [5.41, 5.74) is 1.30. The van der Waals surface area contributed by atoms with Gasteiger partial charge in [0, 0.05) is 19.4 Å². The third-order valence-electron chi connectivity index (χ3n) is 3.39. The predicted molar refractivity (Wildman–Crippen MR) is 64.5 cm³/mol. The first-order valence-electron chi connectivity index (χ1n) is 5.40. The molecule has 1 atom stereocenters. The lowest BCUT2D eigenvalue weighted by molar-refractivity contribution is -0.122. The maximum Gasteiger partial charge on any atom is 0.256 e. The standard InChI is InChI=1S/C12H9Cl2NO2/c13-8-2-1-7-9-5-6(16)3-4-15(9)12(17)10(7)11(8)14/h1-2,9H,3-5H2. The molecular formula is C12H9Cl2NO2. The monoisotopic (exact) mass is 269 g/mol. The van der Waals surface area contributed by atoms with Crippen molar-refractivity contribution in [2.75, 3.05) is 6.54 Å². The fourth-order valence-corrected chi connectivity index (χ4v) is 2.96. The van der Waals surface area contributed by atoms with Crippen molar-refractivity contribution in [1.82, 2.24) is 4.90 Å². The smallest absolute Gasteiger partial charge is 0.256 e. The molecule has 1 aromatic rings. The zero-order valence-electron chi connectivity index (χ0n) is 8.87. The molecule has 1 unspecified atom stereocenters. The van der Waals surface area contributed by atoms with Crippen molar-refractivity contribution in [1.29, 1.82) is 0 Å². The zero-order valence-corrected chi connectivity index (χ0v) is 10.4. The van der Waals surface area contributed by atoms with Crippen LogP contribution in [-0.2, 0) is 4.79 Å². The van der Waals surface area contributed by atoms with Gasteiger partial charge in [-0.3, -0.25) is 9.59 Å². The van der Waals surface area contributed by atoms with Crippen molar-refractivity contribution in [3.63, 3.8) is 0 Å². The summed E-state index contributed by atoms with van der Waals surface area (Å²) in [6.45, 7) is 0.477. The molecule has 3 nitrogen and oxygen atoms in total. The van der Waals surface area contributed by atoms with Crippen molar-refractivity contribution >= 4 is 34.9 Å². The molecule has 1 aromatic carbocycles. The first kappa shape index (κ1) is 11.1. The molecule has 17 heavy (non-hydrogen) atoms. The number of fused-ring (bicyclic) bond motifs is 3. The van der Waals surface area contributed by atoms with E-state index in [0.29, 0.717) is 35.0 Å². The topological polar surface area (TPSA) is 37.4 Å². The minimum atomic E-state index is -0.145. The van der Waals surface area contributed by atoms with E-state index in [4.69, 9.17) is 23.2 Å². The zero-order chi connectivity index (χ0) is 12.2. The average molecular weight is 270 g/mol. The highest BCUT2D eigenvalue weighted by atomic mass is 35.5. The highest BCUT2D eigenvalue weighted by molar-refractivity contribution is 6.44. The van der Waals surface area contributed by atoms with E-state index in [1.807, 2.05) is 0 Å². The van der Waals surface area contributed by atoms with Crippen molar-refractivity contribution in [2.45, 2.75) is 18.9 Å². The van der Waals surface area contributed by atoms with Crippen LogP contribution in [0.4, 0.5) is 0 Å². The molecule has 0 bridgehead atoms. The maximum absolute atomic E-state index is 12.2. The molecule has 0 saturated carbocycles. The van der Waals surface area contributed by atoms with Crippen LogP contribution in [-0.4, -0.2) is 23.1 Å². The van der Waals surface area contributed by atoms with Crippen LogP contribution in [0.15, 0.2) is 12.1 Å². The Hall–Kier alpha value is -1.06. The molecule has 0 N–H and O–H groups in total. The predicted octanol–water partition coefficient (Wildman–Crippen LogP) is 2.85. The number of carbonyl (C=O) groups is 2. The van der Waals surface area contributed by atoms with Crippen molar-refractivity contribution in [3.05, 3.63) is 33.3 Å². The van der Waals surface area contributed by atoms with E-state index in [-0.39, 0.29) is 17.7 Å². The molecule has 1 amide bonds. The molecule has 5 heteroatoms. The minimum absolute atomic E-state index is 0.106. The summed E-state index contributed by atoms with van der Waals surface area (Å²) >= 11 is 12.0. The molecule has 0 aromatic heterocycles. The quantitative estimate of drug-likeness (QED) is 0.727. The molecular weight excluding hydrogens is 261 g/mol. The van der Waals surface area contributed by atoms with Gasteiger partial charge in [-0.05, 0) is 11.6 Å². The number of carbonyl (C=O) groups excluding carboxylic acids is 2. The van der Waals surface area contributed by atoms with Crippen LogP contribution in [0.3, 0.4) is 0 Å². The van der Waals surface area contributed by atoms with Gasteiger partial charge in [0.05, 0.1) is 21.7 Å². The second kappa shape index (κ2) is 3.72. The first-order valence-corrected chi connectivity index (χ1v) is 6.15. The number of amides is 1. The summed E-state index contributed by atoms with van der Waals surface area (Å²) in [6, 6.07) is 3.33. The SMILES string of the molecule is O=C1CCN2C(=O)c3c(ccc(Cl)c3Cl)C2C1. The molecule has 3 rings (SSSR count). The molecule has 0 radical (unpaired) electrons. The summed E-state index contributed by atoms with van der Waals surface area (Å²) in [7, 11) is 0. The van der Waals surface area contributed by atoms with Gasteiger partial charge in [0.1, 0.15) is 5.78 Å². The summed E-state index contributed by atoms with van der Waals surface area (Å²) in [5.74, 6) is 0.0861. The summed E-state index contributed by atoms with van der Waals surface area (Å²) in [6.07, 6.45) is 0.818. The lowest BCUT2D eigenvalue weighted by atomic mass is 9.96. The Labute approximate surface area is 108 Å². The van der Waals surface area contributed by atoms with Gasteiger partial charge < -0.3 is 4.90 Å². The van der Waals surface area contributed by atoms with E-state index < -0.39 is 0 Å². The number of Topliss-reactive ketones (excluding diaryl/α,β-unsaturated/α-hetero) is 1. The summed E-state index contributed by atoms with van der Waals surface area (Å²) < 4.78 is 0. The minimum Gasteiger partial charge on any atom is -0.331 e. The number of piperidine rings is 1. The molecule has 2 heterocycles. The van der Waals surface area contributed by atoms with Crippen LogP contribution >= 0.6 is 23.2 Å². The normalized spacial score (nSPS) is 22.7. The van der Waals surface area contributed by atoms with Gasteiger partial charge in [-0.15, -0.1) is 0 Å². The van der Waals surface area contributed by atoms with Gasteiger partial charge in [0.15, 0.2) is 0 Å². The van der Waals surface area contributed by atoms with Gasteiger partial charge in [0.2, 0.25) is 0 Å². The molecule has 88 valence electrons. The Morgan fingerprint density at radius 1 is 1.24 bits per heavy atom. The Bertz CT molecular complexity index is 542. The lowest BCUT2D eigenvalue weighted by Gasteiger charge is -2.28. The number of rotatable bonds is 0. The number of benzene rings is 1.